The van der Waals surface area contributed by atoms with E-state index in [1.165, 1.54) is 6.07 Å². The maximum absolute atomic E-state index is 12.2. The lowest BCUT2D eigenvalue weighted by Gasteiger charge is -2.30. The third-order valence-corrected chi connectivity index (χ3v) is 3.93. The van der Waals surface area contributed by atoms with Gasteiger partial charge in [0.15, 0.2) is 0 Å². The van der Waals surface area contributed by atoms with Crippen LogP contribution in [0.3, 0.4) is 0 Å². The molecule has 1 N–H and O–H groups in total. The number of halogens is 1. The average molecular weight is 298 g/mol. The largest absolute Gasteiger partial charge is 0.507 e. The standard InChI is InChI=1S/C13H16BrNO2/c1-9-4-6-15(7-5-9)13(17)10-2-3-11(14)12(16)8-10/h2-3,8-9,16H,4-7H2,1H3. The van der Waals surface area contributed by atoms with Crippen LogP contribution in [0.15, 0.2) is 22.7 Å². The van der Waals surface area contributed by atoms with Crippen LogP contribution in [0, 0.1) is 5.92 Å². The van der Waals surface area contributed by atoms with Crippen molar-refractivity contribution in [2.24, 2.45) is 5.92 Å². The predicted molar refractivity (Wildman–Crippen MR) is 70.1 cm³/mol. The second-order valence-electron chi connectivity index (χ2n) is 4.64. The molecule has 17 heavy (non-hydrogen) atoms. The molecular formula is C13H16BrNO2. The molecule has 1 aliphatic heterocycles. The van der Waals surface area contributed by atoms with E-state index in [4.69, 9.17) is 0 Å². The Balaban J connectivity index is 2.11. The zero-order chi connectivity index (χ0) is 12.4. The molecule has 0 bridgehead atoms. The van der Waals surface area contributed by atoms with Crippen molar-refractivity contribution in [2.45, 2.75) is 19.8 Å². The van der Waals surface area contributed by atoms with Gasteiger partial charge in [0.25, 0.3) is 5.91 Å². The molecule has 2 rings (SSSR count). The van der Waals surface area contributed by atoms with Crippen molar-refractivity contribution in [2.75, 3.05) is 13.1 Å². The molecule has 1 aliphatic rings. The maximum atomic E-state index is 12.2. The van der Waals surface area contributed by atoms with Gasteiger partial charge in [0.1, 0.15) is 5.75 Å². The predicted octanol–water partition coefficient (Wildman–Crippen LogP) is 3.03. The fourth-order valence-corrected chi connectivity index (χ4v) is 2.29. The highest BCUT2D eigenvalue weighted by atomic mass is 79.9. The first kappa shape index (κ1) is 12.4. The maximum Gasteiger partial charge on any atom is 0.253 e. The van der Waals surface area contributed by atoms with Crippen LogP contribution in [0.1, 0.15) is 30.1 Å². The van der Waals surface area contributed by atoms with Crippen molar-refractivity contribution in [3.63, 3.8) is 0 Å². The first-order chi connectivity index (χ1) is 8.08. The Morgan fingerprint density at radius 2 is 2.06 bits per heavy atom. The van der Waals surface area contributed by atoms with Gasteiger partial charge in [-0.15, -0.1) is 0 Å². The monoisotopic (exact) mass is 297 g/mol. The van der Waals surface area contributed by atoms with Gasteiger partial charge >= 0.3 is 0 Å². The molecule has 0 aliphatic carbocycles. The molecule has 92 valence electrons. The first-order valence-electron chi connectivity index (χ1n) is 5.85. The molecule has 1 fully saturated rings. The van der Waals surface area contributed by atoms with Crippen LogP contribution in [-0.2, 0) is 0 Å². The van der Waals surface area contributed by atoms with Crippen LogP contribution in [0.2, 0.25) is 0 Å². The Morgan fingerprint density at radius 3 is 2.65 bits per heavy atom. The van der Waals surface area contributed by atoms with Gasteiger partial charge in [0.05, 0.1) is 4.47 Å². The Morgan fingerprint density at radius 1 is 1.41 bits per heavy atom. The van der Waals surface area contributed by atoms with Crippen molar-refractivity contribution in [3.8, 4) is 5.75 Å². The second-order valence-corrected chi connectivity index (χ2v) is 5.50. The fraction of sp³-hybridized carbons (Fsp3) is 0.462. The first-order valence-corrected chi connectivity index (χ1v) is 6.65. The summed E-state index contributed by atoms with van der Waals surface area (Å²) in [6.45, 7) is 3.85. The van der Waals surface area contributed by atoms with E-state index in [0.29, 0.717) is 16.0 Å². The van der Waals surface area contributed by atoms with Crippen molar-refractivity contribution in [3.05, 3.63) is 28.2 Å². The third kappa shape index (κ3) is 2.80. The molecule has 3 nitrogen and oxygen atoms in total. The third-order valence-electron chi connectivity index (χ3n) is 3.26. The van der Waals surface area contributed by atoms with E-state index in [1.807, 2.05) is 4.90 Å². The number of carbonyl (C=O) groups excluding carboxylic acids is 1. The molecule has 0 atom stereocenters. The minimum absolute atomic E-state index is 0.0136. The molecule has 0 saturated carbocycles. The molecule has 0 unspecified atom stereocenters. The summed E-state index contributed by atoms with van der Waals surface area (Å²) >= 11 is 3.21. The lowest BCUT2D eigenvalue weighted by Crippen LogP contribution is -2.37. The highest BCUT2D eigenvalue weighted by Crippen LogP contribution is 2.26. The van der Waals surface area contributed by atoms with E-state index in [2.05, 4.69) is 22.9 Å². The lowest BCUT2D eigenvalue weighted by molar-refractivity contribution is 0.0697. The van der Waals surface area contributed by atoms with Gasteiger partial charge in [-0.05, 0) is 52.9 Å². The van der Waals surface area contributed by atoms with Crippen molar-refractivity contribution in [1.29, 1.82) is 0 Å². The number of hydrogen-bond donors (Lipinski definition) is 1. The molecule has 1 saturated heterocycles. The zero-order valence-electron chi connectivity index (χ0n) is 9.82. The van der Waals surface area contributed by atoms with Gasteiger partial charge in [-0.2, -0.15) is 0 Å². The van der Waals surface area contributed by atoms with Gasteiger partial charge in [-0.25, -0.2) is 0 Å². The number of likely N-dealkylation sites (tertiary alicyclic amines) is 1. The number of amides is 1. The summed E-state index contributed by atoms with van der Waals surface area (Å²) in [6.07, 6.45) is 2.13. The number of carbonyl (C=O) groups is 1. The molecule has 0 aromatic heterocycles. The number of nitrogens with zero attached hydrogens (tertiary/aromatic N) is 1. The minimum atomic E-state index is 0.0136. The number of hydrogen-bond acceptors (Lipinski definition) is 2. The zero-order valence-corrected chi connectivity index (χ0v) is 11.4. The van der Waals surface area contributed by atoms with Crippen molar-refractivity contribution in [1.82, 2.24) is 4.90 Å². The van der Waals surface area contributed by atoms with E-state index >= 15 is 0 Å². The molecular weight excluding hydrogens is 282 g/mol. The van der Waals surface area contributed by atoms with Gasteiger partial charge in [0.2, 0.25) is 0 Å². The van der Waals surface area contributed by atoms with Gasteiger partial charge in [-0.3, -0.25) is 4.79 Å². The van der Waals surface area contributed by atoms with Crippen LogP contribution in [0.5, 0.6) is 5.75 Å². The van der Waals surface area contributed by atoms with Crippen LogP contribution >= 0.6 is 15.9 Å². The Kier molecular flexibility index (Phi) is 3.72. The molecule has 1 aromatic rings. The SMILES string of the molecule is CC1CCN(C(=O)c2ccc(Br)c(O)c2)CC1. The molecule has 4 heteroatoms. The van der Waals surface area contributed by atoms with Gasteiger partial charge in [0, 0.05) is 18.7 Å². The Labute approximate surface area is 110 Å². The van der Waals surface area contributed by atoms with E-state index in [0.717, 1.165) is 25.9 Å². The second kappa shape index (κ2) is 5.08. The molecule has 0 spiro atoms. The number of piperidine rings is 1. The van der Waals surface area contributed by atoms with Crippen LogP contribution in [0.4, 0.5) is 0 Å². The van der Waals surface area contributed by atoms with E-state index in [-0.39, 0.29) is 11.7 Å². The lowest BCUT2D eigenvalue weighted by atomic mass is 9.98. The quantitative estimate of drug-likeness (QED) is 0.865. The van der Waals surface area contributed by atoms with E-state index in [1.54, 1.807) is 12.1 Å². The van der Waals surface area contributed by atoms with Crippen molar-refractivity contribution < 1.29 is 9.90 Å². The summed E-state index contributed by atoms with van der Waals surface area (Å²) in [7, 11) is 0. The minimum Gasteiger partial charge on any atom is -0.507 e. The number of benzene rings is 1. The molecule has 1 amide bonds. The smallest absolute Gasteiger partial charge is 0.253 e. The number of phenolic OH excluding ortho intramolecular Hbond substituents is 1. The van der Waals surface area contributed by atoms with E-state index < -0.39 is 0 Å². The summed E-state index contributed by atoms with van der Waals surface area (Å²) in [5.74, 6) is 0.832. The topological polar surface area (TPSA) is 40.5 Å². The van der Waals surface area contributed by atoms with Gasteiger partial charge < -0.3 is 10.0 Å². The average Bonchev–Trinajstić information content (AvgIpc) is 2.33. The van der Waals surface area contributed by atoms with Crippen molar-refractivity contribution >= 4 is 21.8 Å². The summed E-state index contributed by atoms with van der Waals surface area (Å²) in [5.41, 5.74) is 0.556. The number of rotatable bonds is 1. The highest BCUT2D eigenvalue weighted by Gasteiger charge is 2.21. The van der Waals surface area contributed by atoms with E-state index in [9.17, 15) is 9.90 Å². The summed E-state index contributed by atoms with van der Waals surface area (Å²) in [5, 5.41) is 9.57. The van der Waals surface area contributed by atoms with Crippen LogP contribution in [0.25, 0.3) is 0 Å². The van der Waals surface area contributed by atoms with Crippen LogP contribution < -0.4 is 0 Å². The number of phenols is 1. The van der Waals surface area contributed by atoms with Crippen LogP contribution in [-0.4, -0.2) is 29.0 Å². The molecule has 1 heterocycles. The summed E-state index contributed by atoms with van der Waals surface area (Å²) < 4.78 is 0.612. The molecule has 0 radical (unpaired) electrons. The highest BCUT2D eigenvalue weighted by molar-refractivity contribution is 9.10. The normalized spacial score (nSPS) is 17.2. The summed E-state index contributed by atoms with van der Waals surface area (Å²) in [6, 6.07) is 4.96. The Hall–Kier alpha value is -1.03. The summed E-state index contributed by atoms with van der Waals surface area (Å²) in [4.78, 5) is 14.0. The van der Waals surface area contributed by atoms with Gasteiger partial charge in [-0.1, -0.05) is 6.92 Å². The fourth-order valence-electron chi connectivity index (χ4n) is 2.04. The number of aromatic hydroxyl groups is 1. The Bertz CT molecular complexity index is 425. The molecule has 1 aromatic carbocycles.